The van der Waals surface area contributed by atoms with Gasteiger partial charge < -0.3 is 15.3 Å². The summed E-state index contributed by atoms with van der Waals surface area (Å²) in [5.41, 5.74) is 0.616. The van der Waals surface area contributed by atoms with Crippen LogP contribution in [-0.4, -0.2) is 40.7 Å². The zero-order chi connectivity index (χ0) is 15.0. The summed E-state index contributed by atoms with van der Waals surface area (Å²) in [6.07, 6.45) is 1.56. The smallest absolute Gasteiger partial charge is 0.318 e. The lowest BCUT2D eigenvalue weighted by molar-refractivity contribution is -0.384. The van der Waals surface area contributed by atoms with Gasteiger partial charge in [0, 0.05) is 31.8 Å². The second-order valence-corrected chi connectivity index (χ2v) is 4.04. The third kappa shape index (κ3) is 4.69. The first-order valence-corrected chi connectivity index (χ1v) is 6.06. The number of nitro groups is 1. The van der Waals surface area contributed by atoms with Crippen molar-refractivity contribution in [1.29, 1.82) is 0 Å². The highest BCUT2D eigenvalue weighted by molar-refractivity contribution is 5.74. The number of aliphatic hydroxyl groups is 1. The van der Waals surface area contributed by atoms with E-state index in [0.717, 1.165) is 0 Å². The number of hydrogen-bond acceptors (Lipinski definition) is 4. The molecule has 0 bridgehead atoms. The average Bonchev–Trinajstić information content (AvgIpc) is 2.45. The maximum absolute atomic E-state index is 11.8. The van der Waals surface area contributed by atoms with Crippen molar-refractivity contribution >= 4 is 11.7 Å². The molecule has 1 aromatic rings. The van der Waals surface area contributed by atoms with Gasteiger partial charge in [-0.1, -0.05) is 18.2 Å². The van der Waals surface area contributed by atoms with Crippen molar-refractivity contribution in [3.8, 4) is 0 Å². The average molecular weight is 279 g/mol. The lowest BCUT2D eigenvalue weighted by Gasteiger charge is -2.20. The number of benzene rings is 1. The van der Waals surface area contributed by atoms with Crippen LogP contribution in [0.3, 0.4) is 0 Å². The first kappa shape index (κ1) is 15.6. The van der Waals surface area contributed by atoms with Crippen LogP contribution in [0.25, 0.3) is 0 Å². The Kier molecular flexibility index (Phi) is 6.18. The van der Waals surface area contributed by atoms with Gasteiger partial charge in [0.2, 0.25) is 0 Å². The van der Waals surface area contributed by atoms with E-state index >= 15 is 0 Å². The molecule has 2 amide bonds. The molecule has 7 heteroatoms. The van der Waals surface area contributed by atoms with E-state index < -0.39 is 4.92 Å². The van der Waals surface area contributed by atoms with Crippen LogP contribution >= 0.6 is 0 Å². The van der Waals surface area contributed by atoms with Gasteiger partial charge in [0.15, 0.2) is 0 Å². The Balaban J connectivity index is 2.61. The van der Waals surface area contributed by atoms with E-state index in [-0.39, 0.29) is 31.4 Å². The quantitative estimate of drug-likeness (QED) is 0.446. The fraction of sp³-hybridized carbons (Fsp3) is 0.308. The van der Waals surface area contributed by atoms with Crippen molar-refractivity contribution in [3.05, 3.63) is 52.6 Å². The Labute approximate surface area is 116 Å². The lowest BCUT2D eigenvalue weighted by atomic mass is 10.2. The Morgan fingerprint density at radius 3 is 2.90 bits per heavy atom. The normalized spacial score (nSPS) is 9.85. The highest BCUT2D eigenvalue weighted by Gasteiger charge is 2.11. The molecule has 0 fully saturated rings. The van der Waals surface area contributed by atoms with Crippen molar-refractivity contribution in [2.75, 3.05) is 19.7 Å². The molecule has 0 spiro atoms. The van der Waals surface area contributed by atoms with Crippen LogP contribution in [0.5, 0.6) is 0 Å². The van der Waals surface area contributed by atoms with Gasteiger partial charge >= 0.3 is 6.03 Å². The molecule has 0 heterocycles. The second-order valence-electron chi connectivity index (χ2n) is 4.04. The van der Waals surface area contributed by atoms with Crippen LogP contribution < -0.4 is 5.32 Å². The fourth-order valence-corrected chi connectivity index (χ4v) is 1.62. The van der Waals surface area contributed by atoms with Crippen molar-refractivity contribution in [1.82, 2.24) is 10.2 Å². The van der Waals surface area contributed by atoms with Crippen LogP contribution in [0.2, 0.25) is 0 Å². The zero-order valence-corrected chi connectivity index (χ0v) is 11.0. The summed E-state index contributed by atoms with van der Waals surface area (Å²) in [6, 6.07) is 5.70. The summed E-state index contributed by atoms with van der Waals surface area (Å²) in [5.74, 6) is 0. The topological polar surface area (TPSA) is 95.7 Å². The molecule has 1 rings (SSSR count). The number of nitro benzene ring substituents is 1. The number of nitrogens with zero attached hydrogens (tertiary/aromatic N) is 2. The number of urea groups is 1. The molecule has 1 aromatic carbocycles. The van der Waals surface area contributed by atoms with Gasteiger partial charge in [0.1, 0.15) is 0 Å². The molecular formula is C13H17N3O4. The van der Waals surface area contributed by atoms with Gasteiger partial charge in [-0.2, -0.15) is 0 Å². The van der Waals surface area contributed by atoms with Crippen molar-refractivity contribution in [2.24, 2.45) is 0 Å². The van der Waals surface area contributed by atoms with Crippen molar-refractivity contribution in [2.45, 2.75) is 6.54 Å². The molecule has 20 heavy (non-hydrogen) atoms. The van der Waals surface area contributed by atoms with Crippen LogP contribution in [0.4, 0.5) is 10.5 Å². The predicted octanol–water partition coefficient (Wildman–Crippen LogP) is 1.28. The number of nitrogens with one attached hydrogen (secondary N) is 1. The van der Waals surface area contributed by atoms with Gasteiger partial charge in [-0.15, -0.1) is 6.58 Å². The second kappa shape index (κ2) is 7.90. The number of hydrogen-bond donors (Lipinski definition) is 2. The maximum atomic E-state index is 11.8. The van der Waals surface area contributed by atoms with Crippen LogP contribution in [0.15, 0.2) is 36.9 Å². The van der Waals surface area contributed by atoms with E-state index in [1.165, 1.54) is 17.0 Å². The van der Waals surface area contributed by atoms with Gasteiger partial charge in [0.05, 0.1) is 11.5 Å². The number of carbonyl (C=O) groups is 1. The van der Waals surface area contributed by atoms with Crippen LogP contribution in [0, 0.1) is 10.1 Å². The molecule has 0 aliphatic rings. The first-order chi connectivity index (χ1) is 9.58. The molecule has 0 unspecified atom stereocenters. The number of amides is 2. The summed E-state index contributed by atoms with van der Waals surface area (Å²) in [4.78, 5) is 23.4. The third-order valence-corrected chi connectivity index (χ3v) is 2.57. The van der Waals surface area contributed by atoms with Gasteiger partial charge in [0.25, 0.3) is 5.69 Å². The molecule has 108 valence electrons. The van der Waals surface area contributed by atoms with E-state index in [1.807, 2.05) is 0 Å². The van der Waals surface area contributed by atoms with Crippen molar-refractivity contribution < 1.29 is 14.8 Å². The molecule has 0 aliphatic carbocycles. The van der Waals surface area contributed by atoms with Crippen LogP contribution in [0.1, 0.15) is 5.56 Å². The van der Waals surface area contributed by atoms with E-state index in [0.29, 0.717) is 12.1 Å². The Morgan fingerprint density at radius 1 is 1.55 bits per heavy atom. The first-order valence-electron chi connectivity index (χ1n) is 6.06. The molecule has 0 aromatic heterocycles. The molecule has 0 aliphatic heterocycles. The van der Waals surface area contributed by atoms with Crippen LogP contribution in [-0.2, 0) is 6.54 Å². The Morgan fingerprint density at radius 2 is 2.30 bits per heavy atom. The molecular weight excluding hydrogens is 262 g/mol. The SMILES string of the molecule is C=CCN(CCO)C(=O)NCc1cccc([N+](=O)[O-])c1. The van der Waals surface area contributed by atoms with E-state index in [2.05, 4.69) is 11.9 Å². The van der Waals surface area contributed by atoms with Gasteiger partial charge in [-0.05, 0) is 5.56 Å². The number of carbonyl (C=O) groups excluding carboxylic acids is 1. The molecule has 7 nitrogen and oxygen atoms in total. The molecule has 0 saturated heterocycles. The number of non-ortho nitro benzene ring substituents is 1. The van der Waals surface area contributed by atoms with E-state index in [1.54, 1.807) is 18.2 Å². The van der Waals surface area contributed by atoms with Crippen molar-refractivity contribution in [3.63, 3.8) is 0 Å². The third-order valence-electron chi connectivity index (χ3n) is 2.57. The minimum atomic E-state index is -0.485. The Bertz CT molecular complexity index is 490. The highest BCUT2D eigenvalue weighted by Crippen LogP contribution is 2.12. The maximum Gasteiger partial charge on any atom is 0.318 e. The minimum Gasteiger partial charge on any atom is -0.395 e. The van der Waals surface area contributed by atoms with Gasteiger partial charge in [-0.25, -0.2) is 4.79 Å². The monoisotopic (exact) mass is 279 g/mol. The Hall–Kier alpha value is -2.41. The zero-order valence-electron chi connectivity index (χ0n) is 11.0. The standard InChI is InChI=1S/C13H17N3O4/c1-2-6-15(7-8-17)13(18)14-10-11-4-3-5-12(9-11)16(19)20/h2-5,9,17H,1,6-8,10H2,(H,14,18). The van der Waals surface area contributed by atoms with Gasteiger partial charge in [-0.3, -0.25) is 10.1 Å². The summed E-state index contributed by atoms with van der Waals surface area (Å²) < 4.78 is 0. The van der Waals surface area contributed by atoms with E-state index in [4.69, 9.17) is 5.11 Å². The number of rotatable bonds is 7. The minimum absolute atomic E-state index is 0.0185. The highest BCUT2D eigenvalue weighted by atomic mass is 16.6. The molecule has 0 radical (unpaired) electrons. The number of aliphatic hydroxyl groups excluding tert-OH is 1. The summed E-state index contributed by atoms with van der Waals surface area (Å²) in [5, 5.41) is 22.1. The largest absolute Gasteiger partial charge is 0.395 e. The summed E-state index contributed by atoms with van der Waals surface area (Å²) >= 11 is 0. The molecule has 2 N–H and O–H groups in total. The summed E-state index contributed by atoms with van der Waals surface area (Å²) in [6.45, 7) is 4.10. The lowest BCUT2D eigenvalue weighted by Crippen LogP contribution is -2.41. The molecule has 0 atom stereocenters. The predicted molar refractivity (Wildman–Crippen MR) is 74.2 cm³/mol. The van der Waals surface area contributed by atoms with E-state index in [9.17, 15) is 14.9 Å². The fourth-order valence-electron chi connectivity index (χ4n) is 1.62. The summed E-state index contributed by atoms with van der Waals surface area (Å²) in [7, 11) is 0. The molecule has 0 saturated carbocycles.